The molecule has 0 radical (unpaired) electrons. The largest absolute Gasteiger partial charge is 0.275 e. The van der Waals surface area contributed by atoms with Gasteiger partial charge in [-0.2, -0.15) is 0 Å². The number of halogens is 2. The van der Waals surface area contributed by atoms with Gasteiger partial charge in [-0.15, -0.1) is 0 Å². The topological polar surface area (TPSA) is 37.4 Å². The molecule has 1 saturated heterocycles. The maximum absolute atomic E-state index is 11.6. The van der Waals surface area contributed by atoms with Crippen molar-refractivity contribution in [2.24, 2.45) is 0 Å². The van der Waals surface area contributed by atoms with Gasteiger partial charge >= 0.3 is 0 Å². The molecule has 0 unspecified atom stereocenters. The Morgan fingerprint density at radius 3 is 2.06 bits per heavy atom. The van der Waals surface area contributed by atoms with Crippen LogP contribution in [0.4, 0.5) is 0 Å². The summed E-state index contributed by atoms with van der Waals surface area (Å²) in [6.07, 6.45) is 0.538. The van der Waals surface area contributed by atoms with E-state index in [-0.39, 0.29) is 24.7 Å². The minimum Gasteiger partial charge on any atom is -0.275 e. The maximum atomic E-state index is 11.6. The van der Waals surface area contributed by atoms with Crippen LogP contribution in [-0.2, 0) is 9.59 Å². The van der Waals surface area contributed by atoms with E-state index in [1.165, 1.54) is 4.90 Å². The number of carbonyl (C=O) groups excluding carboxylic acids is 2. The van der Waals surface area contributed by atoms with Crippen LogP contribution in [0, 0.1) is 0 Å². The normalized spacial score (nSPS) is 17.7. The quantitative estimate of drug-likeness (QED) is 0.775. The monoisotopic (exact) mass is 271 g/mol. The molecular formula is C12H11Cl2NO2. The molecule has 1 aromatic rings. The van der Waals surface area contributed by atoms with Crippen molar-refractivity contribution in [3.63, 3.8) is 0 Å². The minimum absolute atomic E-state index is 0.168. The highest BCUT2D eigenvalue weighted by Crippen LogP contribution is 2.35. The predicted molar refractivity (Wildman–Crippen MR) is 66.0 cm³/mol. The lowest BCUT2D eigenvalue weighted by molar-refractivity contribution is -0.140. The van der Waals surface area contributed by atoms with Gasteiger partial charge in [-0.25, -0.2) is 0 Å². The van der Waals surface area contributed by atoms with E-state index in [0.717, 1.165) is 0 Å². The first-order valence-corrected chi connectivity index (χ1v) is 6.06. The van der Waals surface area contributed by atoms with Crippen LogP contribution >= 0.6 is 23.2 Å². The Morgan fingerprint density at radius 2 is 1.59 bits per heavy atom. The number of hydrogen-bond acceptors (Lipinski definition) is 2. The summed E-state index contributed by atoms with van der Waals surface area (Å²) in [5, 5.41) is 0.940. The van der Waals surface area contributed by atoms with E-state index in [9.17, 15) is 9.59 Å². The summed E-state index contributed by atoms with van der Waals surface area (Å²) >= 11 is 12.1. The molecule has 1 aliphatic heterocycles. The number of hydrogen-bond donors (Lipinski definition) is 0. The fraction of sp³-hybridized carbons (Fsp3) is 0.333. The van der Waals surface area contributed by atoms with Crippen LogP contribution in [0.1, 0.15) is 31.4 Å². The standard InChI is InChI=1S/C12H11Cl2NO2/c1-7(15-10(16)5-6-11(15)17)12-8(13)3-2-4-9(12)14/h2-4,7H,5-6H2,1H3/t7-/m0/s1. The van der Waals surface area contributed by atoms with E-state index < -0.39 is 6.04 Å². The number of amides is 2. The smallest absolute Gasteiger partial charge is 0.230 e. The van der Waals surface area contributed by atoms with Crippen LogP contribution in [0.3, 0.4) is 0 Å². The molecule has 3 nitrogen and oxygen atoms in total. The van der Waals surface area contributed by atoms with Crippen LogP contribution < -0.4 is 0 Å². The summed E-state index contributed by atoms with van der Waals surface area (Å²) < 4.78 is 0. The van der Waals surface area contributed by atoms with E-state index >= 15 is 0 Å². The number of rotatable bonds is 2. The molecule has 0 aromatic heterocycles. The van der Waals surface area contributed by atoms with E-state index in [4.69, 9.17) is 23.2 Å². The molecule has 90 valence electrons. The van der Waals surface area contributed by atoms with Gasteiger partial charge in [0.05, 0.1) is 6.04 Å². The third-order valence-corrected chi connectivity index (χ3v) is 3.55. The maximum Gasteiger partial charge on any atom is 0.230 e. The summed E-state index contributed by atoms with van der Waals surface area (Å²) in [6.45, 7) is 1.76. The zero-order valence-corrected chi connectivity index (χ0v) is 10.8. The molecule has 1 aliphatic rings. The third-order valence-electron chi connectivity index (χ3n) is 2.89. The van der Waals surface area contributed by atoms with E-state index in [0.29, 0.717) is 15.6 Å². The highest BCUT2D eigenvalue weighted by Gasteiger charge is 2.34. The van der Waals surface area contributed by atoms with Gasteiger partial charge in [0.25, 0.3) is 0 Å². The number of nitrogens with zero attached hydrogens (tertiary/aromatic N) is 1. The van der Waals surface area contributed by atoms with E-state index in [1.807, 2.05) is 0 Å². The summed E-state index contributed by atoms with van der Waals surface area (Å²) in [7, 11) is 0. The Bertz CT molecular complexity index is 451. The lowest BCUT2D eigenvalue weighted by Crippen LogP contribution is -2.32. The summed E-state index contributed by atoms with van der Waals surface area (Å²) in [6, 6.07) is 4.71. The SMILES string of the molecule is C[C@@H](c1c(Cl)cccc1Cl)N1C(=O)CCC1=O. The van der Waals surface area contributed by atoms with Crippen LogP contribution in [0.15, 0.2) is 18.2 Å². The predicted octanol–water partition coefficient (Wildman–Crippen LogP) is 3.20. The molecule has 17 heavy (non-hydrogen) atoms. The molecule has 0 spiro atoms. The summed E-state index contributed by atoms with van der Waals surface area (Å²) in [5.41, 5.74) is 0.624. The molecule has 1 aromatic carbocycles. The lowest BCUT2D eigenvalue weighted by atomic mass is 10.1. The summed E-state index contributed by atoms with van der Waals surface area (Å²) in [4.78, 5) is 24.5. The van der Waals surface area contributed by atoms with Crippen molar-refractivity contribution >= 4 is 35.0 Å². The average Bonchev–Trinajstić information content (AvgIpc) is 2.58. The van der Waals surface area contributed by atoms with Gasteiger partial charge in [-0.05, 0) is 19.1 Å². The minimum atomic E-state index is -0.418. The Hall–Kier alpha value is -1.06. The Labute approximate surface area is 109 Å². The van der Waals surface area contributed by atoms with Crippen LogP contribution in [-0.4, -0.2) is 16.7 Å². The first-order valence-electron chi connectivity index (χ1n) is 5.31. The molecule has 1 fully saturated rings. The van der Waals surface area contributed by atoms with Crippen molar-refractivity contribution in [1.29, 1.82) is 0 Å². The highest BCUT2D eigenvalue weighted by molar-refractivity contribution is 6.36. The Morgan fingerprint density at radius 1 is 1.12 bits per heavy atom. The molecule has 2 amide bonds. The van der Waals surface area contributed by atoms with E-state index in [2.05, 4.69) is 0 Å². The Kier molecular flexibility index (Phi) is 3.40. The van der Waals surface area contributed by atoms with Crippen LogP contribution in [0.25, 0.3) is 0 Å². The van der Waals surface area contributed by atoms with Crippen molar-refractivity contribution in [2.75, 3.05) is 0 Å². The second-order valence-electron chi connectivity index (χ2n) is 3.97. The molecule has 0 saturated carbocycles. The van der Waals surface area contributed by atoms with Gasteiger partial charge in [0.1, 0.15) is 0 Å². The highest BCUT2D eigenvalue weighted by atomic mass is 35.5. The van der Waals surface area contributed by atoms with Gasteiger partial charge in [-0.1, -0.05) is 29.3 Å². The van der Waals surface area contributed by atoms with Crippen molar-refractivity contribution in [3.05, 3.63) is 33.8 Å². The van der Waals surface area contributed by atoms with Crippen LogP contribution in [0.5, 0.6) is 0 Å². The Balaban J connectivity index is 2.40. The van der Waals surface area contributed by atoms with Crippen LogP contribution in [0.2, 0.25) is 10.0 Å². The molecule has 1 heterocycles. The van der Waals surface area contributed by atoms with Crippen molar-refractivity contribution in [3.8, 4) is 0 Å². The first kappa shape index (κ1) is 12.4. The molecule has 0 N–H and O–H groups in total. The van der Waals surface area contributed by atoms with Gasteiger partial charge in [0.2, 0.25) is 11.8 Å². The zero-order valence-electron chi connectivity index (χ0n) is 9.24. The van der Waals surface area contributed by atoms with Gasteiger partial charge in [0, 0.05) is 28.5 Å². The van der Waals surface area contributed by atoms with Crippen molar-refractivity contribution in [2.45, 2.75) is 25.8 Å². The fourth-order valence-electron chi connectivity index (χ4n) is 2.06. The van der Waals surface area contributed by atoms with E-state index in [1.54, 1.807) is 25.1 Å². The molecule has 2 rings (SSSR count). The zero-order chi connectivity index (χ0) is 12.6. The molecule has 0 aliphatic carbocycles. The number of imide groups is 1. The second kappa shape index (κ2) is 4.67. The first-order chi connectivity index (χ1) is 8.02. The average molecular weight is 272 g/mol. The molecule has 0 bridgehead atoms. The van der Waals surface area contributed by atoms with Crippen molar-refractivity contribution in [1.82, 2.24) is 4.90 Å². The molecular weight excluding hydrogens is 261 g/mol. The molecule has 1 atom stereocenters. The second-order valence-corrected chi connectivity index (χ2v) is 4.78. The molecule has 5 heteroatoms. The van der Waals surface area contributed by atoms with Gasteiger partial charge in [0.15, 0.2) is 0 Å². The van der Waals surface area contributed by atoms with Crippen molar-refractivity contribution < 1.29 is 9.59 Å². The summed E-state index contributed by atoms with van der Waals surface area (Å²) in [5.74, 6) is -0.336. The lowest BCUT2D eigenvalue weighted by Gasteiger charge is -2.24. The number of benzene rings is 1. The number of carbonyl (C=O) groups is 2. The number of likely N-dealkylation sites (tertiary alicyclic amines) is 1. The fourth-order valence-corrected chi connectivity index (χ4v) is 2.78. The van der Waals surface area contributed by atoms with Gasteiger partial charge in [-0.3, -0.25) is 14.5 Å². The third kappa shape index (κ3) is 2.17. The van der Waals surface area contributed by atoms with Gasteiger partial charge < -0.3 is 0 Å².